The summed E-state index contributed by atoms with van der Waals surface area (Å²) in [7, 11) is 0. The van der Waals surface area contributed by atoms with Gasteiger partial charge in [-0.05, 0) is 83.0 Å². The normalized spacial score (nSPS) is 41.0. The molecule has 2 saturated carbocycles. The number of carboxylic acid groups (broad SMARTS) is 1. The molecule has 8 unspecified atom stereocenters. The molecule has 11 atom stereocenters. The van der Waals surface area contributed by atoms with Gasteiger partial charge in [-0.1, -0.05) is 0 Å². The van der Waals surface area contributed by atoms with Crippen molar-refractivity contribution in [1.82, 2.24) is 19.8 Å². The number of carbonyl (C=O) groups is 1. The fraction of sp³-hybridized carbons (Fsp3) is 0.848. The molecule has 1 aromatic heterocycles. The van der Waals surface area contributed by atoms with Gasteiger partial charge < -0.3 is 15.2 Å². The lowest BCUT2D eigenvalue weighted by molar-refractivity contribution is -0.142. The Kier molecular flexibility index (Phi) is 9.07. The van der Waals surface area contributed by atoms with Gasteiger partial charge in [-0.25, -0.2) is 13.8 Å². The number of likely N-dealkylation sites (tertiary alicyclic amines) is 1. The van der Waals surface area contributed by atoms with E-state index in [1.165, 1.54) is 0 Å². The van der Waals surface area contributed by atoms with Crippen molar-refractivity contribution in [3.63, 3.8) is 0 Å². The summed E-state index contributed by atoms with van der Waals surface area (Å²) in [4.78, 5) is 32.9. The van der Waals surface area contributed by atoms with Crippen LogP contribution in [0.5, 0.6) is 0 Å². The van der Waals surface area contributed by atoms with E-state index in [0.29, 0.717) is 63.0 Å². The van der Waals surface area contributed by atoms with Crippen molar-refractivity contribution in [2.75, 3.05) is 25.4 Å². The van der Waals surface area contributed by atoms with Crippen LogP contribution in [0.4, 0.5) is 8.78 Å². The molecule has 3 aliphatic heterocycles. The Morgan fingerprint density at radius 2 is 2.02 bits per heavy atom. The summed E-state index contributed by atoms with van der Waals surface area (Å²) in [5.41, 5.74) is 1.58. The third kappa shape index (κ3) is 6.11. The first-order chi connectivity index (χ1) is 21.5. The average molecular weight is 669 g/mol. The molecule has 5 fully saturated rings. The van der Waals surface area contributed by atoms with Gasteiger partial charge in [-0.3, -0.25) is 19.1 Å². The minimum atomic E-state index is -2.57. The smallest absolute Gasteiger partial charge is 0.308 e. The molecule has 2 N–H and O–H groups in total. The van der Waals surface area contributed by atoms with Crippen molar-refractivity contribution >= 4 is 29.3 Å². The predicted molar refractivity (Wildman–Crippen MR) is 170 cm³/mol. The van der Waals surface area contributed by atoms with E-state index in [2.05, 4.69) is 17.1 Å². The number of hydrogen-bond acceptors (Lipinski definition) is 7. The van der Waals surface area contributed by atoms with Crippen LogP contribution in [0.3, 0.4) is 0 Å². The van der Waals surface area contributed by atoms with Gasteiger partial charge in [0.15, 0.2) is 0 Å². The molecule has 8 nitrogen and oxygen atoms in total. The fourth-order valence-electron chi connectivity index (χ4n) is 9.83. The van der Waals surface area contributed by atoms with Crippen LogP contribution in [0.1, 0.15) is 69.0 Å². The van der Waals surface area contributed by atoms with Crippen LogP contribution in [0, 0.1) is 36.5 Å². The molecule has 7 rings (SSSR count). The SMILES string of the molecule is Cc1nc2c(c(=O)n1CCOC1CCC(Cl)CC1C1CC(C)NC3C(C(=O)O)CSC13)C[C@H](N1C[C@H]3CCC(F)(F)[C@H]3C1)CC2. The van der Waals surface area contributed by atoms with Gasteiger partial charge in [-0.2, -0.15) is 11.8 Å². The summed E-state index contributed by atoms with van der Waals surface area (Å²) >= 11 is 8.51. The molecule has 0 spiro atoms. The van der Waals surface area contributed by atoms with E-state index in [1.807, 2.05) is 6.92 Å². The summed E-state index contributed by atoms with van der Waals surface area (Å²) in [6.45, 7) is 5.97. The topological polar surface area (TPSA) is 96.7 Å². The summed E-state index contributed by atoms with van der Waals surface area (Å²) in [6, 6.07) is 0.301. The molecule has 0 bridgehead atoms. The Balaban J connectivity index is 1.02. The Bertz CT molecular complexity index is 1350. The molecule has 12 heteroatoms. The van der Waals surface area contributed by atoms with Crippen molar-refractivity contribution in [1.29, 1.82) is 0 Å². The number of rotatable bonds is 7. The van der Waals surface area contributed by atoms with Crippen molar-refractivity contribution < 1.29 is 23.4 Å². The molecule has 1 aromatic rings. The molecular weight excluding hydrogens is 622 g/mol. The summed E-state index contributed by atoms with van der Waals surface area (Å²) in [6.07, 6.45) is 6.31. The highest BCUT2D eigenvalue weighted by atomic mass is 35.5. The molecule has 45 heavy (non-hydrogen) atoms. The third-order valence-corrected chi connectivity index (χ3v) is 14.1. The maximum atomic E-state index is 14.4. The van der Waals surface area contributed by atoms with Gasteiger partial charge in [0.1, 0.15) is 5.82 Å². The number of nitrogens with zero attached hydrogens (tertiary/aromatic N) is 3. The molecule has 250 valence electrons. The number of ether oxygens (including phenoxy) is 1. The molecule has 0 amide bonds. The Hall–Kier alpha value is -1.27. The quantitative estimate of drug-likeness (QED) is 0.414. The highest BCUT2D eigenvalue weighted by molar-refractivity contribution is 8.00. The molecular formula is C33H47ClF2N4O4S. The van der Waals surface area contributed by atoms with E-state index in [4.69, 9.17) is 21.3 Å². The zero-order valence-electron chi connectivity index (χ0n) is 26.3. The summed E-state index contributed by atoms with van der Waals surface area (Å²) in [5, 5.41) is 13.7. The van der Waals surface area contributed by atoms with E-state index in [9.17, 15) is 23.5 Å². The summed E-state index contributed by atoms with van der Waals surface area (Å²) < 4.78 is 37.2. The van der Waals surface area contributed by atoms with Crippen LogP contribution >= 0.6 is 23.4 Å². The van der Waals surface area contributed by atoms with E-state index in [1.54, 1.807) is 16.3 Å². The summed E-state index contributed by atoms with van der Waals surface area (Å²) in [5.74, 6) is -2.27. The highest BCUT2D eigenvalue weighted by Gasteiger charge is 2.55. The number of fused-ring (bicyclic) bond motifs is 3. The van der Waals surface area contributed by atoms with Gasteiger partial charge in [0.05, 0.1) is 30.9 Å². The van der Waals surface area contributed by atoms with Crippen LogP contribution in [0.2, 0.25) is 0 Å². The maximum Gasteiger partial charge on any atom is 0.308 e. The number of alkyl halides is 3. The van der Waals surface area contributed by atoms with E-state index >= 15 is 0 Å². The second-order valence-electron chi connectivity index (χ2n) is 14.8. The van der Waals surface area contributed by atoms with Crippen molar-refractivity contribution in [3.05, 3.63) is 27.4 Å². The van der Waals surface area contributed by atoms with Crippen molar-refractivity contribution in [3.8, 4) is 0 Å². The number of halogens is 3. The van der Waals surface area contributed by atoms with E-state index in [0.717, 1.165) is 43.4 Å². The largest absolute Gasteiger partial charge is 0.481 e. The average Bonchev–Trinajstić information content (AvgIpc) is 3.70. The minimum absolute atomic E-state index is 0.00987. The van der Waals surface area contributed by atoms with Crippen LogP contribution in [-0.4, -0.2) is 91.8 Å². The molecule has 0 aromatic carbocycles. The van der Waals surface area contributed by atoms with Gasteiger partial charge in [-0.15, -0.1) is 11.6 Å². The lowest BCUT2D eigenvalue weighted by atomic mass is 9.70. The zero-order chi connectivity index (χ0) is 31.6. The van der Waals surface area contributed by atoms with Crippen LogP contribution < -0.4 is 10.9 Å². The first kappa shape index (κ1) is 32.3. The van der Waals surface area contributed by atoms with Crippen molar-refractivity contribution in [2.45, 2.75) is 119 Å². The number of hydrogen-bond donors (Lipinski definition) is 2. The third-order valence-electron chi connectivity index (χ3n) is 12.1. The number of aryl methyl sites for hydroxylation is 2. The number of nitrogens with one attached hydrogen (secondary N) is 1. The van der Waals surface area contributed by atoms with Crippen LogP contribution in [-0.2, 0) is 28.9 Å². The number of thioether (sulfide) groups is 1. The lowest BCUT2D eigenvalue weighted by Crippen LogP contribution is -2.57. The Morgan fingerprint density at radius 1 is 1.20 bits per heavy atom. The zero-order valence-corrected chi connectivity index (χ0v) is 27.9. The number of piperidine rings is 1. The second kappa shape index (κ2) is 12.6. The highest BCUT2D eigenvalue weighted by Crippen LogP contribution is 2.50. The Morgan fingerprint density at radius 3 is 2.80 bits per heavy atom. The first-order valence-corrected chi connectivity index (χ1v) is 18.6. The molecule has 6 aliphatic rings. The number of aliphatic carboxylic acids is 1. The van der Waals surface area contributed by atoms with E-state index < -0.39 is 17.8 Å². The number of carboxylic acids is 1. The van der Waals surface area contributed by atoms with Crippen molar-refractivity contribution in [2.24, 2.45) is 29.6 Å². The van der Waals surface area contributed by atoms with Crippen LogP contribution in [0.25, 0.3) is 0 Å². The molecule has 3 aliphatic carbocycles. The number of aromatic nitrogens is 2. The monoisotopic (exact) mass is 668 g/mol. The fourth-order valence-corrected chi connectivity index (χ4v) is 12.0. The van der Waals surface area contributed by atoms with E-state index in [-0.39, 0.29) is 64.6 Å². The minimum Gasteiger partial charge on any atom is -0.481 e. The standard InChI is InChI=1S/C33H47ClF2N4O4S/c1-17-11-23(30-29(37-17)25(16-45-30)32(42)43)22-12-20(34)3-6-28(22)44-10-9-40-18(2)38-27-5-4-21(13-24(27)31(40)41)39-14-19-7-8-33(35,36)26(19)15-39/h17,19-23,25-26,28-30,37H,3-16H2,1-2H3,(H,42,43)/t17?,19-,20?,21-,22?,23?,25?,26+,28?,29?,30?/m1/s1. The van der Waals surface area contributed by atoms with Crippen LogP contribution in [0.15, 0.2) is 4.79 Å². The predicted octanol–water partition coefficient (Wildman–Crippen LogP) is 4.36. The molecule has 4 heterocycles. The van der Waals surface area contributed by atoms with Gasteiger partial charge in [0, 0.05) is 65.5 Å². The van der Waals surface area contributed by atoms with Gasteiger partial charge >= 0.3 is 5.97 Å². The molecule has 0 radical (unpaired) electrons. The molecule has 3 saturated heterocycles. The van der Waals surface area contributed by atoms with Gasteiger partial charge in [0.2, 0.25) is 0 Å². The lowest BCUT2D eigenvalue weighted by Gasteiger charge is -2.47. The van der Waals surface area contributed by atoms with Gasteiger partial charge in [0.25, 0.3) is 11.5 Å². The first-order valence-electron chi connectivity index (χ1n) is 17.1. The Labute approximate surface area is 273 Å². The maximum absolute atomic E-state index is 14.4. The second-order valence-corrected chi connectivity index (χ2v) is 16.6.